The monoisotopic (exact) mass is 476 g/mol. The van der Waals surface area contributed by atoms with Gasteiger partial charge in [0.05, 0.1) is 12.6 Å². The Morgan fingerprint density at radius 3 is 2.63 bits per heavy atom. The number of rotatable bonds is 7. The molecule has 3 saturated heterocycles. The maximum Gasteiger partial charge on any atom is 0.407 e. The molecule has 4 fully saturated rings. The van der Waals surface area contributed by atoms with Crippen LogP contribution in [0.2, 0.25) is 0 Å². The molecule has 2 aromatic rings. The number of alkyl carbamates (subject to hydrolysis) is 1. The average Bonchev–Trinajstić information content (AvgIpc) is 3.67. The molecule has 0 aromatic heterocycles. The first kappa shape index (κ1) is 22.9. The molecule has 2 aromatic carbocycles. The lowest BCUT2D eigenvalue weighted by Gasteiger charge is -2.44. The van der Waals surface area contributed by atoms with Gasteiger partial charge < -0.3 is 19.5 Å². The van der Waals surface area contributed by atoms with Crippen LogP contribution in [0.15, 0.2) is 42.5 Å². The van der Waals surface area contributed by atoms with E-state index in [4.69, 9.17) is 14.2 Å². The van der Waals surface area contributed by atoms with Gasteiger partial charge in [0.1, 0.15) is 18.5 Å². The van der Waals surface area contributed by atoms with Gasteiger partial charge in [0.15, 0.2) is 0 Å². The number of methoxy groups -OCH3 is 1. The summed E-state index contributed by atoms with van der Waals surface area (Å²) in [6, 6.07) is 15.0. The van der Waals surface area contributed by atoms with E-state index in [1.165, 1.54) is 29.5 Å². The van der Waals surface area contributed by atoms with Gasteiger partial charge in [0.2, 0.25) is 0 Å². The summed E-state index contributed by atoms with van der Waals surface area (Å²) in [6.07, 6.45) is 6.63. The number of piperidine rings is 3. The highest BCUT2D eigenvalue weighted by atomic mass is 16.6. The summed E-state index contributed by atoms with van der Waals surface area (Å²) in [5, 5.41) is 3.32. The Kier molecular flexibility index (Phi) is 6.19. The molecule has 186 valence electrons. The van der Waals surface area contributed by atoms with Crippen LogP contribution in [0.5, 0.6) is 5.75 Å². The van der Waals surface area contributed by atoms with Crippen LogP contribution in [0.4, 0.5) is 4.79 Å². The van der Waals surface area contributed by atoms with Gasteiger partial charge in [-0.2, -0.15) is 0 Å². The lowest BCUT2D eigenvalue weighted by molar-refractivity contribution is -0.0347. The van der Waals surface area contributed by atoms with Crippen LogP contribution in [0, 0.1) is 11.3 Å². The fourth-order valence-electron chi connectivity index (χ4n) is 6.41. The lowest BCUT2D eigenvalue weighted by Crippen LogP contribution is -2.53. The Balaban J connectivity index is 1.18. The molecule has 1 unspecified atom stereocenters. The first-order valence-corrected chi connectivity index (χ1v) is 13.2. The second kappa shape index (κ2) is 9.47. The summed E-state index contributed by atoms with van der Waals surface area (Å²) >= 11 is 0. The number of hydrogen-bond donors (Lipinski definition) is 1. The number of ether oxygens (including phenoxy) is 3. The quantitative estimate of drug-likeness (QED) is 0.572. The number of carbonyl (C=O) groups is 1. The number of benzene rings is 2. The fraction of sp³-hybridized carbons (Fsp3) is 0.552. The van der Waals surface area contributed by atoms with Gasteiger partial charge >= 0.3 is 6.09 Å². The molecule has 7 rings (SSSR count). The van der Waals surface area contributed by atoms with Crippen molar-refractivity contribution in [3.8, 4) is 16.9 Å². The highest BCUT2D eigenvalue weighted by Gasteiger charge is 2.53. The van der Waals surface area contributed by atoms with Gasteiger partial charge in [-0.05, 0) is 97.3 Å². The Morgan fingerprint density at radius 2 is 1.89 bits per heavy atom. The van der Waals surface area contributed by atoms with Crippen LogP contribution in [-0.4, -0.2) is 57.1 Å². The van der Waals surface area contributed by atoms with Gasteiger partial charge in [-0.3, -0.25) is 4.90 Å². The highest BCUT2D eigenvalue weighted by molar-refractivity contribution is 5.70. The van der Waals surface area contributed by atoms with E-state index in [0.717, 1.165) is 56.6 Å². The number of fused-ring (bicyclic) bond motifs is 4. The molecule has 1 saturated carbocycles. The molecule has 3 aliphatic heterocycles. The van der Waals surface area contributed by atoms with Crippen molar-refractivity contribution in [1.82, 2.24) is 10.2 Å². The first-order chi connectivity index (χ1) is 17.1. The maximum atomic E-state index is 13.0. The SMILES string of the molecule is COCCOc1cccc(-c2ccc3c(c2)CCC2(CC2)C3NC(=O)O[C@@H]2CN3CCC2CC3)c1. The average molecular weight is 477 g/mol. The van der Waals surface area contributed by atoms with Crippen molar-refractivity contribution in [2.75, 3.05) is 40.0 Å². The molecule has 6 heteroatoms. The molecule has 1 spiro atoms. The Bertz CT molecular complexity index is 1070. The Morgan fingerprint density at radius 1 is 1.06 bits per heavy atom. The van der Waals surface area contributed by atoms with Crippen molar-refractivity contribution in [2.24, 2.45) is 11.3 Å². The van der Waals surface area contributed by atoms with E-state index >= 15 is 0 Å². The number of amides is 1. The number of nitrogens with zero attached hydrogens (tertiary/aromatic N) is 1. The van der Waals surface area contributed by atoms with Crippen molar-refractivity contribution in [2.45, 2.75) is 50.7 Å². The molecular weight excluding hydrogens is 440 g/mol. The van der Waals surface area contributed by atoms with Crippen molar-refractivity contribution in [3.63, 3.8) is 0 Å². The van der Waals surface area contributed by atoms with Crippen molar-refractivity contribution < 1.29 is 19.0 Å². The van der Waals surface area contributed by atoms with Gasteiger partial charge in [0.25, 0.3) is 0 Å². The van der Waals surface area contributed by atoms with Crippen molar-refractivity contribution in [3.05, 3.63) is 53.6 Å². The van der Waals surface area contributed by atoms with Crippen LogP contribution >= 0.6 is 0 Å². The predicted octanol–water partition coefficient (Wildman–Crippen LogP) is 4.97. The minimum Gasteiger partial charge on any atom is -0.491 e. The van der Waals surface area contributed by atoms with E-state index in [9.17, 15) is 4.79 Å². The zero-order valence-corrected chi connectivity index (χ0v) is 20.6. The number of carbonyl (C=O) groups excluding carboxylic acids is 1. The predicted molar refractivity (Wildman–Crippen MR) is 135 cm³/mol. The largest absolute Gasteiger partial charge is 0.491 e. The molecule has 1 amide bonds. The van der Waals surface area contributed by atoms with Gasteiger partial charge in [0, 0.05) is 13.7 Å². The summed E-state index contributed by atoms with van der Waals surface area (Å²) < 4.78 is 16.9. The first-order valence-electron chi connectivity index (χ1n) is 13.2. The summed E-state index contributed by atoms with van der Waals surface area (Å²) in [6.45, 7) is 4.30. The summed E-state index contributed by atoms with van der Waals surface area (Å²) in [7, 11) is 1.68. The molecule has 2 atom stereocenters. The molecule has 0 radical (unpaired) electrons. The third-order valence-corrected chi connectivity index (χ3v) is 8.69. The van der Waals surface area contributed by atoms with E-state index in [1.54, 1.807) is 7.11 Å². The van der Waals surface area contributed by atoms with Crippen molar-refractivity contribution in [1.29, 1.82) is 0 Å². The van der Waals surface area contributed by atoms with Crippen LogP contribution in [-0.2, 0) is 15.9 Å². The van der Waals surface area contributed by atoms with Crippen LogP contribution in [0.25, 0.3) is 11.1 Å². The zero-order valence-electron chi connectivity index (χ0n) is 20.6. The molecule has 1 N–H and O–H groups in total. The van der Waals surface area contributed by atoms with Crippen LogP contribution in [0.3, 0.4) is 0 Å². The smallest absolute Gasteiger partial charge is 0.407 e. The summed E-state index contributed by atoms with van der Waals surface area (Å²) in [4.78, 5) is 15.5. The van der Waals surface area contributed by atoms with Gasteiger partial charge in [-0.15, -0.1) is 0 Å². The molecular formula is C29H36N2O4. The second-order valence-corrected chi connectivity index (χ2v) is 10.8. The minimum absolute atomic E-state index is 0.0384. The van der Waals surface area contributed by atoms with E-state index in [0.29, 0.717) is 19.1 Å². The lowest BCUT2D eigenvalue weighted by atomic mass is 9.76. The Labute approximate surface area is 207 Å². The molecule has 2 aliphatic carbocycles. The third-order valence-electron chi connectivity index (χ3n) is 8.69. The highest BCUT2D eigenvalue weighted by Crippen LogP contribution is 2.61. The normalized spacial score (nSPS) is 27.8. The van der Waals surface area contributed by atoms with E-state index in [1.807, 2.05) is 12.1 Å². The molecule has 2 bridgehead atoms. The van der Waals surface area contributed by atoms with E-state index < -0.39 is 0 Å². The summed E-state index contributed by atoms with van der Waals surface area (Å²) in [5.74, 6) is 1.38. The topological polar surface area (TPSA) is 60.0 Å². The summed E-state index contributed by atoms with van der Waals surface area (Å²) in [5.41, 5.74) is 5.12. The number of aryl methyl sites for hydroxylation is 1. The van der Waals surface area contributed by atoms with E-state index in [2.05, 4.69) is 40.5 Å². The fourth-order valence-corrected chi connectivity index (χ4v) is 6.41. The third kappa shape index (κ3) is 4.66. The molecule has 3 heterocycles. The van der Waals surface area contributed by atoms with Gasteiger partial charge in [-0.1, -0.05) is 30.3 Å². The maximum absolute atomic E-state index is 13.0. The second-order valence-electron chi connectivity index (χ2n) is 10.8. The standard InChI is InChI=1S/C29H36N2O4/c1-33-15-16-34-24-4-2-3-21(18-24)22-5-6-25-23(17-22)7-10-29(11-12-29)27(25)30-28(32)35-26-19-31-13-8-20(26)9-14-31/h2-6,17-18,20,26-27H,7-16,19H2,1H3,(H,30,32)/t26-,27?/m1/s1. The van der Waals surface area contributed by atoms with Gasteiger partial charge in [-0.25, -0.2) is 4.79 Å². The Hall–Kier alpha value is -2.57. The molecule has 5 aliphatic rings. The van der Waals surface area contributed by atoms with E-state index in [-0.39, 0.29) is 23.7 Å². The van der Waals surface area contributed by atoms with Crippen molar-refractivity contribution >= 4 is 6.09 Å². The van der Waals surface area contributed by atoms with Crippen LogP contribution in [0.1, 0.15) is 49.3 Å². The number of nitrogens with one attached hydrogen (secondary N) is 1. The zero-order chi connectivity index (χ0) is 23.8. The molecule has 35 heavy (non-hydrogen) atoms. The van der Waals surface area contributed by atoms with Crippen LogP contribution < -0.4 is 10.1 Å². The minimum atomic E-state index is -0.238. The number of hydrogen-bond acceptors (Lipinski definition) is 5. The molecule has 6 nitrogen and oxygen atoms in total.